The summed E-state index contributed by atoms with van der Waals surface area (Å²) in [6.07, 6.45) is 1.66. The van der Waals surface area contributed by atoms with E-state index in [0.29, 0.717) is 11.1 Å². The van der Waals surface area contributed by atoms with Crippen LogP contribution in [0.25, 0.3) is 0 Å². The van der Waals surface area contributed by atoms with E-state index in [1.54, 1.807) is 12.1 Å². The maximum atomic E-state index is 12.5. The van der Waals surface area contributed by atoms with Gasteiger partial charge in [0, 0.05) is 23.1 Å². The van der Waals surface area contributed by atoms with E-state index in [9.17, 15) is 14.4 Å². The third kappa shape index (κ3) is 3.70. The first-order valence-electron chi connectivity index (χ1n) is 8.38. The molecule has 6 heteroatoms. The van der Waals surface area contributed by atoms with Crippen molar-refractivity contribution >= 4 is 33.7 Å². The summed E-state index contributed by atoms with van der Waals surface area (Å²) in [6, 6.07) is 12.7. The van der Waals surface area contributed by atoms with Crippen LogP contribution in [0.15, 0.2) is 46.9 Å². The van der Waals surface area contributed by atoms with Crippen LogP contribution in [0.5, 0.6) is 0 Å². The molecule has 3 amide bonds. The Morgan fingerprint density at radius 1 is 1.08 bits per heavy atom. The molecule has 0 spiro atoms. The zero-order valence-corrected chi connectivity index (χ0v) is 16.2. The highest BCUT2D eigenvalue weighted by atomic mass is 79.9. The number of fused-ring (bicyclic) bond motifs is 1. The van der Waals surface area contributed by atoms with Crippen LogP contribution in [0.1, 0.15) is 50.0 Å². The molecule has 134 valence electrons. The molecular weight excluding hydrogens is 396 g/mol. The normalized spacial score (nSPS) is 14.3. The van der Waals surface area contributed by atoms with Crippen LogP contribution in [-0.4, -0.2) is 35.7 Å². The van der Waals surface area contributed by atoms with E-state index in [0.717, 1.165) is 22.2 Å². The Bertz CT molecular complexity index is 877. The van der Waals surface area contributed by atoms with E-state index >= 15 is 0 Å². The van der Waals surface area contributed by atoms with Crippen molar-refractivity contribution in [2.45, 2.75) is 25.8 Å². The van der Waals surface area contributed by atoms with Crippen molar-refractivity contribution in [1.82, 2.24) is 10.2 Å². The predicted molar refractivity (Wildman–Crippen MR) is 102 cm³/mol. The van der Waals surface area contributed by atoms with Crippen molar-refractivity contribution in [3.63, 3.8) is 0 Å². The molecule has 0 saturated carbocycles. The third-order valence-corrected chi connectivity index (χ3v) is 5.04. The Hall–Kier alpha value is -2.47. The lowest BCUT2D eigenvalue weighted by molar-refractivity contribution is 0.0693. The smallest absolute Gasteiger partial charge is 0.261 e. The molecule has 1 aliphatic heterocycles. The molecule has 0 radical (unpaired) electrons. The fraction of sp³-hybridized carbons (Fsp3) is 0.250. The van der Waals surface area contributed by atoms with Gasteiger partial charge in [-0.05, 0) is 55.7 Å². The van der Waals surface area contributed by atoms with Crippen LogP contribution in [0, 0.1) is 0 Å². The first kappa shape index (κ1) is 18.3. The second-order valence-corrected chi connectivity index (χ2v) is 7.39. The molecule has 26 heavy (non-hydrogen) atoms. The number of benzene rings is 2. The maximum Gasteiger partial charge on any atom is 0.261 e. The Labute approximate surface area is 160 Å². The van der Waals surface area contributed by atoms with E-state index < -0.39 is 0 Å². The van der Waals surface area contributed by atoms with Gasteiger partial charge in [0.15, 0.2) is 0 Å². The van der Waals surface area contributed by atoms with Gasteiger partial charge in [-0.2, -0.15) is 0 Å². The highest BCUT2D eigenvalue weighted by Crippen LogP contribution is 2.22. The van der Waals surface area contributed by atoms with E-state index in [2.05, 4.69) is 33.4 Å². The lowest BCUT2D eigenvalue weighted by Crippen LogP contribution is -2.33. The Balaban J connectivity index is 1.62. The molecule has 1 heterocycles. The molecule has 0 aliphatic carbocycles. The van der Waals surface area contributed by atoms with Gasteiger partial charge in [0.2, 0.25) is 0 Å². The van der Waals surface area contributed by atoms with Crippen LogP contribution >= 0.6 is 15.9 Å². The lowest BCUT2D eigenvalue weighted by atomic mass is 10.0. The van der Waals surface area contributed by atoms with Crippen molar-refractivity contribution in [1.29, 1.82) is 0 Å². The van der Waals surface area contributed by atoms with Crippen LogP contribution in [-0.2, 0) is 6.42 Å². The van der Waals surface area contributed by atoms with Crippen molar-refractivity contribution in [2.24, 2.45) is 0 Å². The first-order valence-corrected chi connectivity index (χ1v) is 9.18. The molecule has 5 nitrogen and oxygen atoms in total. The number of imide groups is 1. The molecule has 0 bridgehead atoms. The topological polar surface area (TPSA) is 66.5 Å². The van der Waals surface area contributed by atoms with Crippen molar-refractivity contribution in [3.8, 4) is 0 Å². The van der Waals surface area contributed by atoms with E-state index in [1.807, 2.05) is 19.1 Å². The Morgan fingerprint density at radius 2 is 1.73 bits per heavy atom. The van der Waals surface area contributed by atoms with Crippen LogP contribution in [0.4, 0.5) is 0 Å². The number of aryl methyl sites for hydroxylation is 1. The third-order valence-electron chi connectivity index (χ3n) is 4.51. The van der Waals surface area contributed by atoms with E-state index in [1.165, 1.54) is 18.7 Å². The number of hydrogen-bond donors (Lipinski definition) is 1. The maximum absolute atomic E-state index is 12.5. The zero-order valence-electron chi connectivity index (χ0n) is 14.6. The molecule has 1 unspecified atom stereocenters. The van der Waals surface area contributed by atoms with Gasteiger partial charge in [0.05, 0.1) is 11.1 Å². The number of hydrogen-bond acceptors (Lipinski definition) is 3. The summed E-state index contributed by atoms with van der Waals surface area (Å²) < 4.78 is 1.04. The summed E-state index contributed by atoms with van der Waals surface area (Å²) in [5, 5.41) is 2.95. The average molecular weight is 415 g/mol. The van der Waals surface area contributed by atoms with Crippen molar-refractivity contribution in [2.75, 3.05) is 7.05 Å². The largest absolute Gasteiger partial charge is 0.350 e. The number of rotatable bonds is 5. The van der Waals surface area contributed by atoms with Gasteiger partial charge >= 0.3 is 0 Å². The van der Waals surface area contributed by atoms with Gasteiger partial charge in [-0.3, -0.25) is 19.3 Å². The zero-order chi connectivity index (χ0) is 18.8. The number of amides is 3. The molecule has 0 saturated heterocycles. The number of carbonyl (C=O) groups excluding carboxylic acids is 3. The lowest BCUT2D eigenvalue weighted by Gasteiger charge is -2.14. The second-order valence-electron chi connectivity index (χ2n) is 6.47. The van der Waals surface area contributed by atoms with Gasteiger partial charge in [0.1, 0.15) is 0 Å². The average Bonchev–Trinajstić information content (AvgIpc) is 2.85. The van der Waals surface area contributed by atoms with E-state index in [4.69, 9.17) is 0 Å². The predicted octanol–water partition coefficient (Wildman–Crippen LogP) is 3.43. The molecule has 3 rings (SSSR count). The number of nitrogens with one attached hydrogen (secondary N) is 1. The van der Waals surface area contributed by atoms with Gasteiger partial charge in [-0.15, -0.1) is 0 Å². The van der Waals surface area contributed by atoms with Gasteiger partial charge < -0.3 is 5.32 Å². The summed E-state index contributed by atoms with van der Waals surface area (Å²) in [5.74, 6) is -0.950. The minimum Gasteiger partial charge on any atom is -0.350 e. The van der Waals surface area contributed by atoms with Crippen LogP contribution < -0.4 is 5.32 Å². The molecule has 0 fully saturated rings. The molecule has 1 atom stereocenters. The van der Waals surface area contributed by atoms with Crippen LogP contribution in [0.3, 0.4) is 0 Å². The standard InChI is InChI=1S/C20H19BrN2O3/c1-12(3-4-13-5-8-15(21)9-6-13)22-18(24)14-7-10-16-17(11-14)20(26)23(2)19(16)25/h5-12H,3-4H2,1-2H3,(H,22,24). The summed E-state index contributed by atoms with van der Waals surface area (Å²) in [7, 11) is 1.44. The Morgan fingerprint density at radius 3 is 2.42 bits per heavy atom. The van der Waals surface area contributed by atoms with Crippen molar-refractivity contribution in [3.05, 3.63) is 69.2 Å². The van der Waals surface area contributed by atoms with Gasteiger partial charge in [-0.1, -0.05) is 28.1 Å². The number of carbonyl (C=O) groups is 3. The van der Waals surface area contributed by atoms with Gasteiger partial charge in [-0.25, -0.2) is 0 Å². The molecule has 0 aromatic heterocycles. The summed E-state index contributed by atoms with van der Waals surface area (Å²) in [5.41, 5.74) is 2.22. The first-order chi connectivity index (χ1) is 12.4. The fourth-order valence-electron chi connectivity index (χ4n) is 2.92. The summed E-state index contributed by atoms with van der Waals surface area (Å²) in [6.45, 7) is 1.95. The number of halogens is 1. The molecule has 2 aromatic carbocycles. The highest BCUT2D eigenvalue weighted by molar-refractivity contribution is 9.10. The summed E-state index contributed by atoms with van der Waals surface area (Å²) >= 11 is 3.41. The monoisotopic (exact) mass is 414 g/mol. The minimum absolute atomic E-state index is 0.0144. The van der Waals surface area contributed by atoms with Crippen LogP contribution in [0.2, 0.25) is 0 Å². The highest BCUT2D eigenvalue weighted by Gasteiger charge is 2.33. The quantitative estimate of drug-likeness (QED) is 0.762. The molecule has 2 aromatic rings. The molecule has 1 aliphatic rings. The fourth-order valence-corrected chi connectivity index (χ4v) is 3.18. The SMILES string of the molecule is CC(CCc1ccc(Br)cc1)NC(=O)c1ccc2c(c1)C(=O)N(C)C2=O. The van der Waals surface area contributed by atoms with E-state index in [-0.39, 0.29) is 29.3 Å². The summed E-state index contributed by atoms with van der Waals surface area (Å²) in [4.78, 5) is 37.5. The molecule has 1 N–H and O–H groups in total. The Kier molecular flexibility index (Phi) is 5.23. The van der Waals surface area contributed by atoms with Gasteiger partial charge in [0.25, 0.3) is 17.7 Å². The number of nitrogens with zero attached hydrogens (tertiary/aromatic N) is 1. The molecular formula is C20H19BrN2O3. The second kappa shape index (κ2) is 7.41. The minimum atomic E-state index is -0.372. The van der Waals surface area contributed by atoms with Crippen molar-refractivity contribution < 1.29 is 14.4 Å².